The van der Waals surface area contributed by atoms with E-state index in [1.54, 1.807) is 24.3 Å². The Balaban J connectivity index is 1.85. The quantitative estimate of drug-likeness (QED) is 0.333. The van der Waals surface area contributed by atoms with Crippen molar-refractivity contribution >= 4 is 48.6 Å². The van der Waals surface area contributed by atoms with Gasteiger partial charge < -0.3 is 9.47 Å². The Morgan fingerprint density at radius 2 is 1.68 bits per heavy atom. The van der Waals surface area contributed by atoms with Crippen molar-refractivity contribution in [3.05, 3.63) is 69.1 Å². The van der Waals surface area contributed by atoms with Gasteiger partial charge in [0.05, 0.1) is 20.6 Å². The molecule has 3 nitrogen and oxygen atoms in total. The highest BCUT2D eigenvalue weighted by atomic mass is 79.9. The van der Waals surface area contributed by atoms with Gasteiger partial charge in [0, 0.05) is 0 Å². The average molecular weight is 464 g/mol. The fourth-order valence-corrected chi connectivity index (χ4v) is 3.47. The van der Waals surface area contributed by atoms with Gasteiger partial charge in [0.15, 0.2) is 0 Å². The molecule has 0 aromatic heterocycles. The number of esters is 1. The number of benzene rings is 3. The molecular formula is C20H16Br2O3. The van der Waals surface area contributed by atoms with Gasteiger partial charge in [-0.25, -0.2) is 4.79 Å². The number of rotatable bonds is 4. The van der Waals surface area contributed by atoms with Gasteiger partial charge in [-0.05, 0) is 80.7 Å². The smallest absolute Gasteiger partial charge is 0.343 e. The van der Waals surface area contributed by atoms with Crippen LogP contribution in [0, 0.1) is 0 Å². The summed E-state index contributed by atoms with van der Waals surface area (Å²) in [7, 11) is 0. The third-order valence-electron chi connectivity index (χ3n) is 3.56. The lowest BCUT2D eigenvalue weighted by molar-refractivity contribution is 0.0733. The maximum atomic E-state index is 12.5. The lowest BCUT2D eigenvalue weighted by Crippen LogP contribution is -2.10. The molecule has 0 aliphatic carbocycles. The number of hydrogen-bond acceptors (Lipinski definition) is 3. The molecule has 0 fully saturated rings. The van der Waals surface area contributed by atoms with Crippen molar-refractivity contribution in [1.82, 2.24) is 0 Å². The SMILES string of the molecule is CC(C)Oc1ccc(C(=O)Oc2ccc3ccccc3c2Br)cc1Br. The van der Waals surface area contributed by atoms with Crippen LogP contribution in [-0.4, -0.2) is 12.1 Å². The first-order chi connectivity index (χ1) is 12.0. The number of fused-ring (bicyclic) bond motifs is 1. The minimum atomic E-state index is -0.423. The minimum absolute atomic E-state index is 0.0580. The predicted octanol–water partition coefficient (Wildman–Crippen LogP) is 6.37. The van der Waals surface area contributed by atoms with Crippen LogP contribution in [-0.2, 0) is 0 Å². The van der Waals surface area contributed by atoms with E-state index in [2.05, 4.69) is 31.9 Å². The summed E-state index contributed by atoms with van der Waals surface area (Å²) in [5.74, 6) is 0.758. The second-order valence-electron chi connectivity index (χ2n) is 5.80. The summed E-state index contributed by atoms with van der Waals surface area (Å²) in [6.07, 6.45) is 0.0580. The molecule has 0 aliphatic rings. The summed E-state index contributed by atoms with van der Waals surface area (Å²) >= 11 is 6.96. The Kier molecular flexibility index (Phi) is 5.45. The second kappa shape index (κ2) is 7.58. The van der Waals surface area contributed by atoms with Gasteiger partial charge in [-0.3, -0.25) is 0 Å². The third-order valence-corrected chi connectivity index (χ3v) is 5.00. The largest absolute Gasteiger partial charge is 0.490 e. The first kappa shape index (κ1) is 18.0. The highest BCUT2D eigenvalue weighted by molar-refractivity contribution is 9.11. The molecule has 0 atom stereocenters. The number of carbonyl (C=O) groups excluding carboxylic acids is 1. The van der Waals surface area contributed by atoms with Crippen LogP contribution >= 0.6 is 31.9 Å². The molecule has 0 saturated carbocycles. The van der Waals surface area contributed by atoms with Crippen molar-refractivity contribution in [3.63, 3.8) is 0 Å². The lowest BCUT2D eigenvalue weighted by Gasteiger charge is -2.13. The van der Waals surface area contributed by atoms with Crippen LogP contribution in [0.4, 0.5) is 0 Å². The van der Waals surface area contributed by atoms with Crippen molar-refractivity contribution in [3.8, 4) is 11.5 Å². The van der Waals surface area contributed by atoms with Crippen molar-refractivity contribution in [2.75, 3.05) is 0 Å². The van der Waals surface area contributed by atoms with E-state index in [1.807, 2.05) is 44.2 Å². The van der Waals surface area contributed by atoms with Crippen LogP contribution in [0.2, 0.25) is 0 Å². The second-order valence-corrected chi connectivity index (χ2v) is 7.45. The molecule has 0 saturated heterocycles. The van der Waals surface area contributed by atoms with Crippen molar-refractivity contribution in [2.24, 2.45) is 0 Å². The monoisotopic (exact) mass is 462 g/mol. The molecular weight excluding hydrogens is 448 g/mol. The normalized spacial score (nSPS) is 10.9. The summed E-state index contributed by atoms with van der Waals surface area (Å²) in [5.41, 5.74) is 0.447. The highest BCUT2D eigenvalue weighted by Crippen LogP contribution is 2.34. The van der Waals surface area contributed by atoms with Gasteiger partial charge in [-0.15, -0.1) is 0 Å². The zero-order valence-corrected chi connectivity index (χ0v) is 16.9. The van der Waals surface area contributed by atoms with Crippen LogP contribution in [0.25, 0.3) is 10.8 Å². The van der Waals surface area contributed by atoms with Gasteiger partial charge in [0.2, 0.25) is 0 Å². The van der Waals surface area contributed by atoms with Crippen LogP contribution in [0.3, 0.4) is 0 Å². The van der Waals surface area contributed by atoms with Gasteiger partial charge in [0.1, 0.15) is 11.5 Å². The molecule has 5 heteroatoms. The van der Waals surface area contributed by atoms with E-state index in [9.17, 15) is 4.79 Å². The Morgan fingerprint density at radius 3 is 2.40 bits per heavy atom. The van der Waals surface area contributed by atoms with Crippen molar-refractivity contribution < 1.29 is 14.3 Å². The van der Waals surface area contributed by atoms with Crippen LogP contribution in [0.5, 0.6) is 11.5 Å². The van der Waals surface area contributed by atoms with Crippen LogP contribution in [0.1, 0.15) is 24.2 Å². The van der Waals surface area contributed by atoms with E-state index >= 15 is 0 Å². The zero-order chi connectivity index (χ0) is 18.0. The summed E-state index contributed by atoms with van der Waals surface area (Å²) in [5, 5.41) is 2.07. The lowest BCUT2D eigenvalue weighted by atomic mass is 10.1. The Morgan fingerprint density at radius 1 is 0.960 bits per heavy atom. The van der Waals surface area contributed by atoms with E-state index in [0.717, 1.165) is 15.2 Å². The highest BCUT2D eigenvalue weighted by Gasteiger charge is 2.15. The maximum Gasteiger partial charge on any atom is 0.343 e. The van der Waals surface area contributed by atoms with Gasteiger partial charge in [-0.1, -0.05) is 30.3 Å². The fraction of sp³-hybridized carbons (Fsp3) is 0.150. The number of ether oxygens (including phenoxy) is 2. The first-order valence-corrected chi connectivity index (χ1v) is 9.40. The van der Waals surface area contributed by atoms with Crippen LogP contribution in [0.15, 0.2) is 63.5 Å². The molecule has 128 valence electrons. The Labute approximate surface area is 163 Å². The van der Waals surface area contributed by atoms with E-state index < -0.39 is 5.97 Å². The maximum absolute atomic E-state index is 12.5. The first-order valence-electron chi connectivity index (χ1n) is 7.81. The van der Waals surface area contributed by atoms with Gasteiger partial charge in [0.25, 0.3) is 0 Å². The van der Waals surface area contributed by atoms with Gasteiger partial charge >= 0.3 is 5.97 Å². The molecule has 0 radical (unpaired) electrons. The van der Waals surface area contributed by atoms with Crippen LogP contribution < -0.4 is 9.47 Å². The van der Waals surface area contributed by atoms with Gasteiger partial charge in [-0.2, -0.15) is 0 Å². The molecule has 3 rings (SSSR count). The molecule has 3 aromatic rings. The fourth-order valence-electron chi connectivity index (χ4n) is 2.43. The Bertz CT molecular complexity index is 935. The Hall–Kier alpha value is -1.85. The van der Waals surface area contributed by atoms with E-state index in [4.69, 9.17) is 9.47 Å². The summed E-state index contributed by atoms with van der Waals surface area (Å²) < 4.78 is 12.7. The number of hydrogen-bond donors (Lipinski definition) is 0. The molecule has 0 heterocycles. The molecule has 0 aliphatic heterocycles. The number of carbonyl (C=O) groups is 1. The molecule has 25 heavy (non-hydrogen) atoms. The topological polar surface area (TPSA) is 35.5 Å². The minimum Gasteiger partial charge on any atom is -0.490 e. The van der Waals surface area contributed by atoms with Crippen molar-refractivity contribution in [2.45, 2.75) is 20.0 Å². The van der Waals surface area contributed by atoms with Crippen molar-refractivity contribution in [1.29, 1.82) is 0 Å². The molecule has 0 spiro atoms. The summed E-state index contributed by atoms with van der Waals surface area (Å²) in [6, 6.07) is 16.8. The zero-order valence-electron chi connectivity index (χ0n) is 13.8. The molecule has 3 aromatic carbocycles. The van der Waals surface area contributed by atoms with E-state index in [-0.39, 0.29) is 6.10 Å². The predicted molar refractivity (Wildman–Crippen MR) is 107 cm³/mol. The number of halogens is 2. The molecule has 0 amide bonds. The molecule has 0 bridgehead atoms. The standard InChI is InChI=1S/C20H16Br2O3/c1-12(2)24-17-9-8-14(11-16(17)21)20(23)25-18-10-7-13-5-3-4-6-15(13)19(18)22/h3-12H,1-2H3. The summed E-state index contributed by atoms with van der Waals surface area (Å²) in [4.78, 5) is 12.5. The molecule has 0 unspecified atom stereocenters. The summed E-state index contributed by atoms with van der Waals surface area (Å²) in [6.45, 7) is 3.90. The van der Waals surface area contributed by atoms with E-state index in [0.29, 0.717) is 21.5 Å². The third kappa shape index (κ3) is 4.05. The molecule has 0 N–H and O–H groups in total. The average Bonchev–Trinajstić information content (AvgIpc) is 2.59. The van der Waals surface area contributed by atoms with E-state index in [1.165, 1.54) is 0 Å².